The number of hydrogen-bond acceptors (Lipinski definition) is 4. The van der Waals surface area contributed by atoms with Crippen molar-refractivity contribution in [2.24, 2.45) is 0 Å². The molecule has 150 valence electrons. The minimum Gasteiger partial charge on any atom is -0.382 e. The van der Waals surface area contributed by atoms with Crippen molar-refractivity contribution >= 4 is 40.9 Å². The molecule has 0 bridgehead atoms. The lowest BCUT2D eigenvalue weighted by molar-refractivity contribution is 0.217. The summed E-state index contributed by atoms with van der Waals surface area (Å²) in [6.07, 6.45) is 0. The van der Waals surface area contributed by atoms with Gasteiger partial charge in [-0.1, -0.05) is 54.1 Å². The van der Waals surface area contributed by atoms with E-state index in [4.69, 9.17) is 22.4 Å². The Morgan fingerprint density at radius 2 is 1.79 bits per heavy atom. The highest BCUT2D eigenvalue weighted by Gasteiger charge is 2.23. The second-order valence-electron chi connectivity index (χ2n) is 6.79. The molecule has 1 saturated heterocycles. The molecule has 2 amide bonds. The van der Waals surface area contributed by atoms with E-state index in [1.807, 2.05) is 59.1 Å². The first-order chi connectivity index (χ1) is 14.1. The summed E-state index contributed by atoms with van der Waals surface area (Å²) in [5.74, 6) is 2.32. The molecule has 6 nitrogen and oxygen atoms in total. The number of urea groups is 1. The molecule has 3 aromatic rings. The number of anilines is 2. The summed E-state index contributed by atoms with van der Waals surface area (Å²) < 4.78 is 1.72. The molecule has 2 aromatic carbocycles. The third-order valence-electron chi connectivity index (χ3n) is 4.81. The van der Waals surface area contributed by atoms with Crippen LogP contribution in [0.15, 0.2) is 54.6 Å². The van der Waals surface area contributed by atoms with Crippen LogP contribution < -0.4 is 11.1 Å². The van der Waals surface area contributed by atoms with Crippen molar-refractivity contribution in [3.8, 4) is 11.3 Å². The number of amides is 2. The van der Waals surface area contributed by atoms with Gasteiger partial charge in [0.05, 0.1) is 6.54 Å². The van der Waals surface area contributed by atoms with Gasteiger partial charge >= 0.3 is 6.03 Å². The van der Waals surface area contributed by atoms with E-state index >= 15 is 0 Å². The van der Waals surface area contributed by atoms with Gasteiger partial charge in [-0.15, -0.1) is 0 Å². The number of rotatable bonds is 4. The Bertz CT molecular complexity index is 984. The number of nitrogens with zero attached hydrogens (tertiary/aromatic N) is 3. The molecule has 0 unspecified atom stereocenters. The van der Waals surface area contributed by atoms with Crippen LogP contribution in [-0.4, -0.2) is 45.3 Å². The standard InChI is InChI=1S/C21H22ClN5OS/c22-17-8-6-16(7-9-17)18-19(24-21(28)26-10-12-29-13-11-26)20(23)27(25-18)14-15-4-2-1-3-5-15/h1-9H,10-14,23H2,(H,24,28). The van der Waals surface area contributed by atoms with Crippen LogP contribution in [0.5, 0.6) is 0 Å². The Balaban J connectivity index is 1.68. The largest absolute Gasteiger partial charge is 0.382 e. The fourth-order valence-electron chi connectivity index (χ4n) is 3.24. The molecule has 1 fully saturated rings. The molecule has 8 heteroatoms. The lowest BCUT2D eigenvalue weighted by Crippen LogP contribution is -2.40. The molecule has 0 aliphatic carbocycles. The normalized spacial score (nSPS) is 14.0. The zero-order chi connectivity index (χ0) is 20.2. The fourth-order valence-corrected chi connectivity index (χ4v) is 4.27. The quantitative estimate of drug-likeness (QED) is 0.646. The molecule has 0 saturated carbocycles. The SMILES string of the molecule is Nc1c(NC(=O)N2CCSCC2)c(-c2ccc(Cl)cc2)nn1Cc1ccccc1. The molecule has 0 atom stereocenters. The van der Waals surface area contributed by atoms with Gasteiger partial charge in [0.2, 0.25) is 0 Å². The van der Waals surface area contributed by atoms with Gasteiger partial charge in [0.1, 0.15) is 17.2 Å². The van der Waals surface area contributed by atoms with E-state index in [9.17, 15) is 4.79 Å². The molecule has 29 heavy (non-hydrogen) atoms. The number of benzene rings is 2. The third kappa shape index (κ3) is 4.52. The van der Waals surface area contributed by atoms with E-state index in [0.29, 0.717) is 28.8 Å². The summed E-state index contributed by atoms with van der Waals surface area (Å²) in [5, 5.41) is 8.36. The maximum atomic E-state index is 12.8. The smallest absolute Gasteiger partial charge is 0.322 e. The molecular weight excluding hydrogens is 406 g/mol. The van der Waals surface area contributed by atoms with Crippen LogP contribution in [0.3, 0.4) is 0 Å². The summed E-state index contributed by atoms with van der Waals surface area (Å²) in [7, 11) is 0. The Hall–Kier alpha value is -2.64. The molecule has 4 rings (SSSR count). The fraction of sp³-hybridized carbons (Fsp3) is 0.238. The Labute approximate surface area is 179 Å². The van der Waals surface area contributed by atoms with E-state index in [1.54, 1.807) is 16.8 Å². The van der Waals surface area contributed by atoms with Gasteiger partial charge in [-0.05, 0) is 17.7 Å². The molecule has 0 radical (unpaired) electrons. The van der Waals surface area contributed by atoms with Crippen molar-refractivity contribution in [3.63, 3.8) is 0 Å². The summed E-state index contributed by atoms with van der Waals surface area (Å²) >= 11 is 7.90. The Kier molecular flexibility index (Phi) is 5.97. The van der Waals surface area contributed by atoms with Crippen LogP contribution in [0.1, 0.15) is 5.56 Å². The van der Waals surface area contributed by atoms with E-state index in [1.165, 1.54) is 0 Å². The second-order valence-corrected chi connectivity index (χ2v) is 8.45. The van der Waals surface area contributed by atoms with Gasteiger partial charge in [0.25, 0.3) is 0 Å². The van der Waals surface area contributed by atoms with Crippen LogP contribution in [0.4, 0.5) is 16.3 Å². The lowest BCUT2D eigenvalue weighted by Gasteiger charge is -2.26. The maximum absolute atomic E-state index is 12.8. The first-order valence-corrected chi connectivity index (χ1v) is 10.9. The van der Waals surface area contributed by atoms with Gasteiger partial charge < -0.3 is 16.0 Å². The second kappa shape index (κ2) is 8.80. The number of nitrogen functional groups attached to an aromatic ring is 1. The van der Waals surface area contributed by atoms with Crippen molar-refractivity contribution < 1.29 is 4.79 Å². The van der Waals surface area contributed by atoms with E-state index in [-0.39, 0.29) is 6.03 Å². The van der Waals surface area contributed by atoms with Crippen LogP contribution in [0, 0.1) is 0 Å². The summed E-state index contributed by atoms with van der Waals surface area (Å²) in [5.41, 5.74) is 9.53. The molecule has 2 heterocycles. The molecular formula is C21H22ClN5OS. The van der Waals surface area contributed by atoms with Crippen LogP contribution in [-0.2, 0) is 6.54 Å². The first kappa shape index (κ1) is 19.7. The number of carbonyl (C=O) groups is 1. The monoisotopic (exact) mass is 427 g/mol. The summed E-state index contributed by atoms with van der Waals surface area (Å²) in [4.78, 5) is 14.6. The molecule has 0 spiro atoms. The highest BCUT2D eigenvalue weighted by atomic mass is 35.5. The number of nitrogens with one attached hydrogen (secondary N) is 1. The predicted molar refractivity (Wildman–Crippen MR) is 121 cm³/mol. The number of halogens is 1. The summed E-state index contributed by atoms with van der Waals surface area (Å²) in [6.45, 7) is 1.97. The zero-order valence-corrected chi connectivity index (χ0v) is 17.4. The molecule has 1 aromatic heterocycles. The predicted octanol–water partition coefficient (Wildman–Crippen LogP) is 4.41. The van der Waals surface area contributed by atoms with Crippen molar-refractivity contribution in [1.82, 2.24) is 14.7 Å². The summed E-state index contributed by atoms with van der Waals surface area (Å²) in [6, 6.07) is 17.2. The first-order valence-electron chi connectivity index (χ1n) is 9.41. The van der Waals surface area contributed by atoms with Crippen LogP contribution >= 0.6 is 23.4 Å². The van der Waals surface area contributed by atoms with Crippen LogP contribution in [0.2, 0.25) is 5.02 Å². The van der Waals surface area contributed by atoms with Gasteiger partial charge in [-0.2, -0.15) is 16.9 Å². The average molecular weight is 428 g/mol. The number of carbonyl (C=O) groups excluding carboxylic acids is 1. The van der Waals surface area contributed by atoms with E-state index in [2.05, 4.69) is 5.32 Å². The van der Waals surface area contributed by atoms with Crippen molar-refractivity contribution in [3.05, 3.63) is 65.2 Å². The average Bonchev–Trinajstić information content (AvgIpc) is 3.05. The molecule has 3 N–H and O–H groups in total. The number of nitrogens with two attached hydrogens (primary N) is 1. The molecule has 1 aliphatic heterocycles. The van der Waals surface area contributed by atoms with Crippen LogP contribution in [0.25, 0.3) is 11.3 Å². The number of hydrogen-bond donors (Lipinski definition) is 2. The van der Waals surface area contributed by atoms with Crippen molar-refractivity contribution in [1.29, 1.82) is 0 Å². The van der Waals surface area contributed by atoms with Gasteiger partial charge in [-0.3, -0.25) is 0 Å². The highest BCUT2D eigenvalue weighted by molar-refractivity contribution is 7.99. The zero-order valence-electron chi connectivity index (χ0n) is 15.8. The minimum atomic E-state index is -0.147. The van der Waals surface area contributed by atoms with Crippen molar-refractivity contribution in [2.45, 2.75) is 6.54 Å². The lowest BCUT2D eigenvalue weighted by atomic mass is 10.1. The maximum Gasteiger partial charge on any atom is 0.322 e. The highest BCUT2D eigenvalue weighted by Crippen LogP contribution is 2.33. The third-order valence-corrected chi connectivity index (χ3v) is 6.01. The Morgan fingerprint density at radius 1 is 1.10 bits per heavy atom. The van der Waals surface area contributed by atoms with Gasteiger partial charge in [0, 0.05) is 35.2 Å². The van der Waals surface area contributed by atoms with Gasteiger partial charge in [-0.25, -0.2) is 9.48 Å². The van der Waals surface area contributed by atoms with E-state index in [0.717, 1.165) is 35.7 Å². The Morgan fingerprint density at radius 3 is 2.48 bits per heavy atom. The number of aromatic nitrogens is 2. The minimum absolute atomic E-state index is 0.147. The van der Waals surface area contributed by atoms with Gasteiger partial charge in [0.15, 0.2) is 0 Å². The topological polar surface area (TPSA) is 76.2 Å². The van der Waals surface area contributed by atoms with Crippen molar-refractivity contribution in [2.75, 3.05) is 35.6 Å². The van der Waals surface area contributed by atoms with E-state index < -0.39 is 0 Å². The molecule has 1 aliphatic rings. The number of thioether (sulfide) groups is 1.